The molecule has 0 radical (unpaired) electrons. The number of nitrogens with one attached hydrogen (secondary N) is 1. The Hall–Kier alpha value is -3.93. The standard InChI is InChI=1S/C20H14ClF3N4O5/c1-2-33-19(30)15-10-25-27(17(15)20(22,23)24)13-6-4-12(5-7-13)26-18(29)14-8-3-11(21)9-16(14)28(31)32/h3-10H,2H2,1H3,(H,26,29). The van der Waals surface area contributed by atoms with Gasteiger partial charge in [-0.2, -0.15) is 18.3 Å². The average Bonchev–Trinajstić information content (AvgIpc) is 3.20. The molecule has 0 spiro atoms. The van der Waals surface area contributed by atoms with Crippen LogP contribution in [0.1, 0.15) is 33.3 Å². The number of carbonyl (C=O) groups excluding carboxylic acids is 2. The lowest BCUT2D eigenvalue weighted by molar-refractivity contribution is -0.385. The summed E-state index contributed by atoms with van der Waals surface area (Å²) in [6.45, 7) is 1.35. The molecule has 1 N–H and O–H groups in total. The van der Waals surface area contributed by atoms with E-state index in [1.165, 1.54) is 43.3 Å². The molecule has 3 aromatic rings. The number of hydrogen-bond acceptors (Lipinski definition) is 6. The second-order valence-electron chi connectivity index (χ2n) is 6.46. The third-order valence-corrected chi connectivity index (χ3v) is 4.54. The highest BCUT2D eigenvalue weighted by Crippen LogP contribution is 2.34. The van der Waals surface area contributed by atoms with Crippen molar-refractivity contribution in [2.45, 2.75) is 13.1 Å². The Bertz CT molecular complexity index is 1230. The Balaban J connectivity index is 1.90. The second-order valence-corrected chi connectivity index (χ2v) is 6.89. The summed E-state index contributed by atoms with van der Waals surface area (Å²) in [5.74, 6) is -1.98. The molecule has 0 aliphatic rings. The predicted octanol–water partition coefficient (Wildman–Crippen LogP) is 4.88. The highest BCUT2D eigenvalue weighted by Gasteiger charge is 2.41. The van der Waals surface area contributed by atoms with Gasteiger partial charge in [0.1, 0.15) is 11.1 Å². The van der Waals surface area contributed by atoms with Crippen molar-refractivity contribution in [1.29, 1.82) is 0 Å². The van der Waals surface area contributed by atoms with Crippen LogP contribution in [0.4, 0.5) is 24.5 Å². The van der Waals surface area contributed by atoms with Crippen molar-refractivity contribution in [3.8, 4) is 5.69 Å². The van der Waals surface area contributed by atoms with E-state index in [0.29, 0.717) is 4.68 Å². The van der Waals surface area contributed by atoms with Gasteiger partial charge in [0.25, 0.3) is 11.6 Å². The van der Waals surface area contributed by atoms with Crippen molar-refractivity contribution in [2.75, 3.05) is 11.9 Å². The SMILES string of the molecule is CCOC(=O)c1cnn(-c2ccc(NC(=O)c3ccc(Cl)cc3[N+](=O)[O-])cc2)c1C(F)(F)F. The lowest BCUT2D eigenvalue weighted by Gasteiger charge is -2.13. The molecule has 1 amide bonds. The Morgan fingerprint density at radius 2 is 1.85 bits per heavy atom. The molecule has 2 aromatic carbocycles. The van der Waals surface area contributed by atoms with Gasteiger partial charge in [-0.15, -0.1) is 0 Å². The van der Waals surface area contributed by atoms with E-state index in [1.54, 1.807) is 0 Å². The van der Waals surface area contributed by atoms with E-state index in [4.69, 9.17) is 11.6 Å². The predicted molar refractivity (Wildman–Crippen MR) is 111 cm³/mol. The van der Waals surface area contributed by atoms with Crippen molar-refractivity contribution in [1.82, 2.24) is 9.78 Å². The maximum absolute atomic E-state index is 13.6. The summed E-state index contributed by atoms with van der Waals surface area (Å²) >= 11 is 5.73. The lowest BCUT2D eigenvalue weighted by atomic mass is 10.1. The van der Waals surface area contributed by atoms with Crippen molar-refractivity contribution >= 4 is 34.9 Å². The molecule has 0 bridgehead atoms. The van der Waals surface area contributed by atoms with Gasteiger partial charge in [-0.05, 0) is 43.3 Å². The minimum Gasteiger partial charge on any atom is -0.462 e. The van der Waals surface area contributed by atoms with Crippen LogP contribution >= 0.6 is 11.6 Å². The minimum atomic E-state index is -4.90. The van der Waals surface area contributed by atoms with Crippen LogP contribution in [0.5, 0.6) is 0 Å². The number of carbonyl (C=O) groups is 2. The normalized spacial score (nSPS) is 11.2. The number of aromatic nitrogens is 2. The summed E-state index contributed by atoms with van der Waals surface area (Å²) in [6, 6.07) is 8.52. The van der Waals surface area contributed by atoms with Gasteiger partial charge in [-0.3, -0.25) is 14.9 Å². The number of amides is 1. The zero-order valence-corrected chi connectivity index (χ0v) is 17.5. The third-order valence-electron chi connectivity index (χ3n) is 4.30. The molecule has 1 aromatic heterocycles. The molecule has 0 unspecified atom stereocenters. The van der Waals surface area contributed by atoms with Gasteiger partial charge in [0.2, 0.25) is 0 Å². The summed E-state index contributed by atoms with van der Waals surface area (Å²) in [5.41, 5.74) is -2.70. The summed E-state index contributed by atoms with van der Waals surface area (Å²) in [4.78, 5) is 34.7. The lowest BCUT2D eigenvalue weighted by Crippen LogP contribution is -2.18. The van der Waals surface area contributed by atoms with E-state index in [1.807, 2.05) is 0 Å². The van der Waals surface area contributed by atoms with E-state index in [9.17, 15) is 32.9 Å². The van der Waals surface area contributed by atoms with E-state index < -0.39 is 39.9 Å². The number of benzene rings is 2. The van der Waals surface area contributed by atoms with Crippen LogP contribution in [0.2, 0.25) is 5.02 Å². The minimum absolute atomic E-state index is 0.0478. The van der Waals surface area contributed by atoms with Crippen LogP contribution in [0.15, 0.2) is 48.7 Å². The van der Waals surface area contributed by atoms with Gasteiger partial charge in [0, 0.05) is 16.8 Å². The fourth-order valence-corrected chi connectivity index (χ4v) is 3.07. The molecular formula is C20H14ClF3N4O5. The number of rotatable bonds is 6. The molecule has 33 heavy (non-hydrogen) atoms. The first-order valence-electron chi connectivity index (χ1n) is 9.21. The summed E-state index contributed by atoms with van der Waals surface area (Å²) in [6.07, 6.45) is -4.14. The molecule has 172 valence electrons. The highest BCUT2D eigenvalue weighted by molar-refractivity contribution is 6.31. The first kappa shape index (κ1) is 23.7. The Labute approximate surface area is 188 Å². The average molecular weight is 483 g/mol. The quantitative estimate of drug-likeness (QED) is 0.304. The second kappa shape index (κ2) is 9.28. The molecule has 1 heterocycles. The number of nitro groups is 1. The zero-order valence-electron chi connectivity index (χ0n) is 16.7. The molecular weight excluding hydrogens is 469 g/mol. The van der Waals surface area contributed by atoms with Gasteiger partial charge >= 0.3 is 12.1 Å². The van der Waals surface area contributed by atoms with E-state index in [0.717, 1.165) is 12.3 Å². The van der Waals surface area contributed by atoms with Crippen molar-refractivity contribution in [2.24, 2.45) is 0 Å². The fourth-order valence-electron chi connectivity index (χ4n) is 2.91. The molecule has 0 aliphatic carbocycles. The Morgan fingerprint density at radius 3 is 2.42 bits per heavy atom. The first-order valence-corrected chi connectivity index (χ1v) is 9.58. The summed E-state index contributed by atoms with van der Waals surface area (Å²) < 4.78 is 46.0. The molecule has 9 nitrogen and oxygen atoms in total. The van der Waals surface area contributed by atoms with Crippen LogP contribution in [0, 0.1) is 10.1 Å². The molecule has 0 aliphatic heterocycles. The van der Waals surface area contributed by atoms with Crippen LogP contribution in [-0.2, 0) is 10.9 Å². The number of anilines is 1. The summed E-state index contributed by atoms with van der Waals surface area (Å²) in [5, 5.41) is 17.3. The van der Waals surface area contributed by atoms with Crippen LogP contribution < -0.4 is 5.32 Å². The first-order chi connectivity index (χ1) is 15.5. The molecule has 13 heteroatoms. The van der Waals surface area contributed by atoms with Crippen molar-refractivity contribution in [3.05, 3.63) is 80.6 Å². The van der Waals surface area contributed by atoms with Crippen LogP contribution in [-0.4, -0.2) is 33.2 Å². The maximum atomic E-state index is 13.6. The number of nitro benzene ring substituents is 1. The fraction of sp³-hybridized carbons (Fsp3) is 0.150. The molecule has 0 saturated heterocycles. The van der Waals surface area contributed by atoms with Crippen LogP contribution in [0.3, 0.4) is 0 Å². The molecule has 0 fully saturated rings. The number of nitrogens with zero attached hydrogens (tertiary/aromatic N) is 3. The monoisotopic (exact) mass is 482 g/mol. The van der Waals surface area contributed by atoms with Gasteiger partial charge < -0.3 is 10.1 Å². The highest BCUT2D eigenvalue weighted by atomic mass is 35.5. The van der Waals surface area contributed by atoms with Crippen molar-refractivity contribution in [3.63, 3.8) is 0 Å². The van der Waals surface area contributed by atoms with Gasteiger partial charge in [-0.1, -0.05) is 11.6 Å². The van der Waals surface area contributed by atoms with Gasteiger partial charge in [0.15, 0.2) is 5.69 Å². The zero-order chi connectivity index (χ0) is 24.3. The summed E-state index contributed by atoms with van der Waals surface area (Å²) in [7, 11) is 0. The molecule has 0 saturated carbocycles. The van der Waals surface area contributed by atoms with E-state index >= 15 is 0 Å². The number of halogens is 4. The topological polar surface area (TPSA) is 116 Å². The maximum Gasteiger partial charge on any atom is 0.434 e. The van der Waals surface area contributed by atoms with Gasteiger partial charge in [-0.25, -0.2) is 9.48 Å². The number of alkyl halides is 3. The Morgan fingerprint density at radius 1 is 1.18 bits per heavy atom. The number of esters is 1. The third kappa shape index (κ3) is 5.12. The smallest absolute Gasteiger partial charge is 0.434 e. The molecule has 3 rings (SSSR count). The van der Waals surface area contributed by atoms with E-state index in [2.05, 4.69) is 15.2 Å². The number of hydrogen-bond donors (Lipinski definition) is 1. The van der Waals surface area contributed by atoms with E-state index in [-0.39, 0.29) is 28.6 Å². The van der Waals surface area contributed by atoms with Gasteiger partial charge in [0.05, 0.1) is 23.4 Å². The number of ether oxygens (including phenoxy) is 1. The van der Waals surface area contributed by atoms with Crippen LogP contribution in [0.25, 0.3) is 5.69 Å². The Kier molecular flexibility index (Phi) is 6.68. The molecule has 0 atom stereocenters. The van der Waals surface area contributed by atoms with Crippen molar-refractivity contribution < 1.29 is 32.4 Å². The largest absolute Gasteiger partial charge is 0.462 e.